The first kappa shape index (κ1) is 15.4. The largest absolute Gasteiger partial charge is 0.481 e. The average Bonchev–Trinajstić information content (AvgIpc) is 2.32. The summed E-state index contributed by atoms with van der Waals surface area (Å²) in [5, 5.41) is 9.38. The van der Waals surface area contributed by atoms with Crippen molar-refractivity contribution in [3.8, 4) is 0 Å². The number of carboxylic acid groups (broad SMARTS) is 1. The molecular formula is C14H27NO3. The molecule has 0 aromatic carbocycles. The molecule has 1 atom stereocenters. The lowest BCUT2D eigenvalue weighted by Crippen LogP contribution is -2.44. The maximum atomic E-state index is 11.4. The van der Waals surface area contributed by atoms with Crippen LogP contribution in [0.2, 0.25) is 0 Å². The summed E-state index contributed by atoms with van der Waals surface area (Å²) >= 11 is 0. The van der Waals surface area contributed by atoms with Crippen molar-refractivity contribution in [1.29, 1.82) is 0 Å². The standard InChI is InChI=1S/C14H27NO3/c1-4-7-14(2,13(16)17)11-15-8-5-12(6-9-15)10-18-3/h12H,4-11H2,1-3H3,(H,16,17). The van der Waals surface area contributed by atoms with Crippen LogP contribution in [-0.4, -0.2) is 49.3 Å². The second kappa shape index (κ2) is 7.10. The lowest BCUT2D eigenvalue weighted by Gasteiger charge is -2.36. The number of ether oxygens (including phenoxy) is 1. The van der Waals surface area contributed by atoms with Gasteiger partial charge in [0.2, 0.25) is 0 Å². The van der Waals surface area contributed by atoms with E-state index in [0.717, 1.165) is 45.4 Å². The van der Waals surface area contributed by atoms with Crippen molar-refractivity contribution in [1.82, 2.24) is 4.90 Å². The van der Waals surface area contributed by atoms with Crippen LogP contribution in [0, 0.1) is 11.3 Å². The van der Waals surface area contributed by atoms with Crippen molar-refractivity contribution in [3.63, 3.8) is 0 Å². The summed E-state index contributed by atoms with van der Waals surface area (Å²) in [5.74, 6) is -0.0168. The number of hydrogen-bond acceptors (Lipinski definition) is 3. The van der Waals surface area contributed by atoms with E-state index in [1.807, 2.05) is 13.8 Å². The molecule has 0 aliphatic carbocycles. The van der Waals surface area contributed by atoms with E-state index in [0.29, 0.717) is 12.5 Å². The molecule has 4 nitrogen and oxygen atoms in total. The van der Waals surface area contributed by atoms with Crippen LogP contribution in [0.1, 0.15) is 39.5 Å². The van der Waals surface area contributed by atoms with E-state index in [1.54, 1.807) is 7.11 Å². The summed E-state index contributed by atoms with van der Waals surface area (Å²) in [6.45, 7) is 7.43. The lowest BCUT2D eigenvalue weighted by molar-refractivity contribution is -0.149. The molecule has 0 bridgehead atoms. The van der Waals surface area contributed by atoms with Crippen LogP contribution in [0.5, 0.6) is 0 Å². The number of methoxy groups -OCH3 is 1. The van der Waals surface area contributed by atoms with Crippen LogP contribution in [0.15, 0.2) is 0 Å². The van der Waals surface area contributed by atoms with Crippen molar-refractivity contribution < 1.29 is 14.6 Å². The molecule has 1 saturated heterocycles. The molecule has 1 unspecified atom stereocenters. The number of likely N-dealkylation sites (tertiary alicyclic amines) is 1. The highest BCUT2D eigenvalue weighted by molar-refractivity contribution is 5.74. The third kappa shape index (κ3) is 4.25. The molecule has 0 aromatic rings. The molecule has 0 saturated carbocycles. The maximum absolute atomic E-state index is 11.4. The van der Waals surface area contributed by atoms with Crippen LogP contribution < -0.4 is 0 Å². The Labute approximate surface area is 110 Å². The topological polar surface area (TPSA) is 49.8 Å². The van der Waals surface area contributed by atoms with Crippen LogP contribution in [-0.2, 0) is 9.53 Å². The number of nitrogens with zero attached hydrogens (tertiary/aromatic N) is 1. The smallest absolute Gasteiger partial charge is 0.310 e. The number of rotatable bonds is 7. The van der Waals surface area contributed by atoms with E-state index in [-0.39, 0.29) is 0 Å². The minimum Gasteiger partial charge on any atom is -0.481 e. The zero-order valence-electron chi connectivity index (χ0n) is 11.9. The fourth-order valence-electron chi connectivity index (χ4n) is 2.85. The van der Waals surface area contributed by atoms with Crippen molar-refractivity contribution >= 4 is 5.97 Å². The normalized spacial score (nSPS) is 21.7. The Morgan fingerprint density at radius 2 is 2.06 bits per heavy atom. The molecule has 1 aliphatic rings. The third-order valence-electron chi connectivity index (χ3n) is 4.00. The Morgan fingerprint density at radius 3 is 2.50 bits per heavy atom. The second-order valence-corrected chi connectivity index (χ2v) is 5.79. The number of aliphatic carboxylic acids is 1. The molecule has 0 spiro atoms. The third-order valence-corrected chi connectivity index (χ3v) is 4.00. The van der Waals surface area contributed by atoms with E-state index < -0.39 is 11.4 Å². The number of carbonyl (C=O) groups is 1. The lowest BCUT2D eigenvalue weighted by atomic mass is 9.84. The molecule has 106 valence electrons. The summed E-state index contributed by atoms with van der Waals surface area (Å²) in [4.78, 5) is 13.7. The highest BCUT2D eigenvalue weighted by atomic mass is 16.5. The van der Waals surface area contributed by atoms with E-state index in [2.05, 4.69) is 4.90 Å². The molecular weight excluding hydrogens is 230 g/mol. The predicted octanol–water partition coefficient (Wildman–Crippen LogP) is 2.24. The SMILES string of the molecule is CCCC(C)(CN1CCC(COC)CC1)C(=O)O. The van der Waals surface area contributed by atoms with Gasteiger partial charge in [-0.15, -0.1) is 0 Å². The van der Waals surface area contributed by atoms with Crippen molar-refractivity contribution in [2.75, 3.05) is 33.4 Å². The van der Waals surface area contributed by atoms with Gasteiger partial charge in [-0.05, 0) is 45.2 Å². The molecule has 0 aromatic heterocycles. The van der Waals surface area contributed by atoms with Crippen molar-refractivity contribution in [3.05, 3.63) is 0 Å². The van der Waals surface area contributed by atoms with E-state index in [9.17, 15) is 9.90 Å². The van der Waals surface area contributed by atoms with Gasteiger partial charge in [-0.1, -0.05) is 13.3 Å². The minimum absolute atomic E-state index is 0.594. The molecule has 1 rings (SSSR count). The van der Waals surface area contributed by atoms with E-state index in [4.69, 9.17) is 4.74 Å². The summed E-state index contributed by atoms with van der Waals surface area (Å²) in [6.07, 6.45) is 3.91. The zero-order chi connectivity index (χ0) is 13.6. The average molecular weight is 257 g/mol. The van der Waals surface area contributed by atoms with Gasteiger partial charge in [0.15, 0.2) is 0 Å². The van der Waals surface area contributed by atoms with E-state index >= 15 is 0 Å². The van der Waals surface area contributed by atoms with Crippen LogP contribution >= 0.6 is 0 Å². The van der Waals surface area contributed by atoms with Crippen molar-refractivity contribution in [2.45, 2.75) is 39.5 Å². The highest BCUT2D eigenvalue weighted by Crippen LogP contribution is 2.27. The Balaban J connectivity index is 2.45. The predicted molar refractivity (Wildman–Crippen MR) is 71.7 cm³/mol. The Kier molecular flexibility index (Phi) is 6.09. The summed E-state index contributed by atoms with van der Waals surface area (Å²) < 4.78 is 5.18. The van der Waals surface area contributed by atoms with Gasteiger partial charge in [0, 0.05) is 20.3 Å². The molecule has 1 heterocycles. The molecule has 0 amide bonds. The van der Waals surface area contributed by atoms with Crippen molar-refractivity contribution in [2.24, 2.45) is 11.3 Å². The highest BCUT2D eigenvalue weighted by Gasteiger charge is 2.35. The molecule has 4 heteroatoms. The van der Waals surface area contributed by atoms with Gasteiger partial charge < -0.3 is 14.7 Å². The maximum Gasteiger partial charge on any atom is 0.310 e. The molecule has 0 radical (unpaired) electrons. The first-order chi connectivity index (χ1) is 8.51. The summed E-state index contributed by atoms with van der Waals surface area (Å²) in [6, 6.07) is 0. The first-order valence-electron chi connectivity index (χ1n) is 6.96. The van der Waals surface area contributed by atoms with Crippen LogP contribution in [0.4, 0.5) is 0 Å². The van der Waals surface area contributed by atoms with Gasteiger partial charge in [0.25, 0.3) is 0 Å². The second-order valence-electron chi connectivity index (χ2n) is 5.79. The fraction of sp³-hybridized carbons (Fsp3) is 0.929. The number of carboxylic acids is 1. The van der Waals surface area contributed by atoms with Gasteiger partial charge in [0.1, 0.15) is 0 Å². The number of piperidine rings is 1. The minimum atomic E-state index is -0.664. The Morgan fingerprint density at radius 1 is 1.44 bits per heavy atom. The fourth-order valence-corrected chi connectivity index (χ4v) is 2.85. The molecule has 1 fully saturated rings. The van der Waals surface area contributed by atoms with Crippen LogP contribution in [0.3, 0.4) is 0 Å². The van der Waals surface area contributed by atoms with Gasteiger partial charge in [-0.25, -0.2) is 0 Å². The van der Waals surface area contributed by atoms with E-state index in [1.165, 1.54) is 0 Å². The molecule has 1 aliphatic heterocycles. The monoisotopic (exact) mass is 257 g/mol. The first-order valence-corrected chi connectivity index (χ1v) is 6.96. The number of hydrogen-bond donors (Lipinski definition) is 1. The quantitative estimate of drug-likeness (QED) is 0.760. The summed E-state index contributed by atoms with van der Waals surface area (Å²) in [7, 11) is 1.75. The zero-order valence-corrected chi connectivity index (χ0v) is 11.9. The molecule has 18 heavy (non-hydrogen) atoms. The van der Waals surface area contributed by atoms with Gasteiger partial charge in [-0.2, -0.15) is 0 Å². The van der Waals surface area contributed by atoms with Gasteiger partial charge in [-0.3, -0.25) is 4.79 Å². The summed E-state index contributed by atoms with van der Waals surface area (Å²) in [5.41, 5.74) is -0.594. The molecule has 1 N–H and O–H groups in total. The van der Waals surface area contributed by atoms with Crippen LogP contribution in [0.25, 0.3) is 0 Å². The Hall–Kier alpha value is -0.610. The van der Waals surface area contributed by atoms with Gasteiger partial charge >= 0.3 is 5.97 Å². The Bertz CT molecular complexity index is 262. The van der Waals surface area contributed by atoms with Gasteiger partial charge in [0.05, 0.1) is 5.41 Å².